The zero-order valence-corrected chi connectivity index (χ0v) is 11.8. The zero-order chi connectivity index (χ0) is 13.8. The molecular formula is C15H24N2O. The first-order valence-electron chi connectivity index (χ1n) is 6.57. The summed E-state index contributed by atoms with van der Waals surface area (Å²) < 4.78 is 0. The molecule has 0 aromatic heterocycles. The Bertz CT molecular complexity index is 402. The number of hydrogen-bond acceptors (Lipinski definition) is 2. The molecule has 1 amide bonds. The fourth-order valence-corrected chi connectivity index (χ4v) is 2.02. The van der Waals surface area contributed by atoms with Gasteiger partial charge in [-0.05, 0) is 37.8 Å². The Morgan fingerprint density at radius 1 is 1.22 bits per heavy atom. The number of carbonyl (C=O) groups is 1. The first-order valence-corrected chi connectivity index (χ1v) is 6.57. The number of amides is 1. The van der Waals surface area contributed by atoms with Crippen LogP contribution in [0.5, 0.6) is 0 Å². The summed E-state index contributed by atoms with van der Waals surface area (Å²) >= 11 is 0. The van der Waals surface area contributed by atoms with Crippen molar-refractivity contribution < 1.29 is 4.79 Å². The normalized spacial score (nSPS) is 11.4. The highest BCUT2D eigenvalue weighted by atomic mass is 16.1. The predicted octanol–water partition coefficient (Wildman–Crippen LogP) is 2.55. The van der Waals surface area contributed by atoms with Crippen molar-refractivity contribution in [1.29, 1.82) is 0 Å². The van der Waals surface area contributed by atoms with Crippen molar-refractivity contribution >= 4 is 5.91 Å². The van der Waals surface area contributed by atoms with Crippen LogP contribution in [0.2, 0.25) is 0 Å². The van der Waals surface area contributed by atoms with Crippen LogP contribution in [0.1, 0.15) is 48.2 Å². The summed E-state index contributed by atoms with van der Waals surface area (Å²) in [4.78, 5) is 12.2. The van der Waals surface area contributed by atoms with Crippen LogP contribution in [-0.2, 0) is 0 Å². The summed E-state index contributed by atoms with van der Waals surface area (Å²) in [6.07, 6.45) is 1.72. The van der Waals surface area contributed by atoms with E-state index in [0.29, 0.717) is 6.54 Å². The number of hydrogen-bond donors (Lipinski definition) is 2. The van der Waals surface area contributed by atoms with Crippen LogP contribution in [0.15, 0.2) is 18.2 Å². The van der Waals surface area contributed by atoms with Gasteiger partial charge in [-0.2, -0.15) is 0 Å². The smallest absolute Gasteiger partial charge is 0.251 e. The Balaban J connectivity index is 2.78. The maximum Gasteiger partial charge on any atom is 0.251 e. The molecule has 1 aromatic carbocycles. The first-order chi connectivity index (χ1) is 8.43. The average Bonchev–Trinajstić information content (AvgIpc) is 2.36. The van der Waals surface area contributed by atoms with Gasteiger partial charge in [-0.15, -0.1) is 0 Å². The molecule has 3 heteroatoms. The maximum absolute atomic E-state index is 12.2. The maximum atomic E-state index is 12.2. The van der Waals surface area contributed by atoms with E-state index in [1.165, 1.54) is 0 Å². The number of nitrogens with one attached hydrogen (secondary N) is 1. The van der Waals surface area contributed by atoms with E-state index in [4.69, 9.17) is 5.73 Å². The standard InChI is InChI=1S/C15H24N2O/c1-5-15(16,6-2)10-17-14(18)13-11(3)8-7-9-12(13)4/h7-9H,5-6,10,16H2,1-4H3,(H,17,18). The fourth-order valence-electron chi connectivity index (χ4n) is 2.02. The zero-order valence-electron chi connectivity index (χ0n) is 11.8. The lowest BCUT2D eigenvalue weighted by Crippen LogP contribution is -2.49. The molecule has 0 radical (unpaired) electrons. The summed E-state index contributed by atoms with van der Waals surface area (Å²) in [5, 5.41) is 2.96. The highest BCUT2D eigenvalue weighted by Crippen LogP contribution is 2.14. The summed E-state index contributed by atoms with van der Waals surface area (Å²) in [7, 11) is 0. The van der Waals surface area contributed by atoms with Crippen molar-refractivity contribution in [3.8, 4) is 0 Å². The van der Waals surface area contributed by atoms with Crippen LogP contribution in [0.3, 0.4) is 0 Å². The van der Waals surface area contributed by atoms with Gasteiger partial charge in [-0.25, -0.2) is 0 Å². The summed E-state index contributed by atoms with van der Waals surface area (Å²) in [5.41, 5.74) is 8.66. The highest BCUT2D eigenvalue weighted by Gasteiger charge is 2.22. The largest absolute Gasteiger partial charge is 0.350 e. The fraction of sp³-hybridized carbons (Fsp3) is 0.533. The van der Waals surface area contributed by atoms with E-state index >= 15 is 0 Å². The number of aryl methyl sites for hydroxylation is 2. The molecule has 0 saturated carbocycles. The van der Waals surface area contributed by atoms with Gasteiger partial charge >= 0.3 is 0 Å². The molecule has 0 fully saturated rings. The van der Waals surface area contributed by atoms with Gasteiger partial charge in [0.25, 0.3) is 5.91 Å². The Hall–Kier alpha value is -1.35. The molecule has 1 aromatic rings. The van der Waals surface area contributed by atoms with Gasteiger partial charge in [0.15, 0.2) is 0 Å². The lowest BCUT2D eigenvalue weighted by molar-refractivity contribution is 0.0941. The Labute approximate surface area is 110 Å². The minimum absolute atomic E-state index is 0.0256. The van der Waals surface area contributed by atoms with Crippen LogP contribution in [0.25, 0.3) is 0 Å². The number of rotatable bonds is 5. The Morgan fingerprint density at radius 3 is 2.17 bits per heavy atom. The Morgan fingerprint density at radius 2 is 1.72 bits per heavy atom. The molecule has 100 valence electrons. The van der Waals surface area contributed by atoms with E-state index < -0.39 is 0 Å². The predicted molar refractivity (Wildman–Crippen MR) is 75.7 cm³/mol. The third-order valence-electron chi connectivity index (χ3n) is 3.72. The van der Waals surface area contributed by atoms with E-state index in [1.54, 1.807) is 0 Å². The second-order valence-corrected chi connectivity index (χ2v) is 5.02. The van der Waals surface area contributed by atoms with E-state index in [0.717, 1.165) is 29.5 Å². The van der Waals surface area contributed by atoms with E-state index in [-0.39, 0.29) is 11.4 Å². The third kappa shape index (κ3) is 3.33. The second kappa shape index (κ2) is 6.01. The molecular weight excluding hydrogens is 224 g/mol. The second-order valence-electron chi connectivity index (χ2n) is 5.02. The van der Waals surface area contributed by atoms with Crippen molar-refractivity contribution in [3.05, 3.63) is 34.9 Å². The number of benzene rings is 1. The summed E-state index contributed by atoms with van der Waals surface area (Å²) in [5.74, 6) is -0.0256. The molecule has 18 heavy (non-hydrogen) atoms. The third-order valence-corrected chi connectivity index (χ3v) is 3.72. The summed E-state index contributed by atoms with van der Waals surface area (Å²) in [6.45, 7) is 8.53. The molecule has 3 N–H and O–H groups in total. The molecule has 0 saturated heterocycles. The van der Waals surface area contributed by atoms with Crippen LogP contribution >= 0.6 is 0 Å². The van der Waals surface area contributed by atoms with Crippen LogP contribution < -0.4 is 11.1 Å². The lowest BCUT2D eigenvalue weighted by atomic mass is 9.94. The quantitative estimate of drug-likeness (QED) is 0.841. The van der Waals surface area contributed by atoms with E-state index in [2.05, 4.69) is 19.2 Å². The van der Waals surface area contributed by atoms with Gasteiger partial charge in [0.2, 0.25) is 0 Å². The highest BCUT2D eigenvalue weighted by molar-refractivity contribution is 5.97. The average molecular weight is 248 g/mol. The van der Waals surface area contributed by atoms with Crippen LogP contribution in [0, 0.1) is 13.8 Å². The molecule has 0 spiro atoms. The lowest BCUT2D eigenvalue weighted by Gasteiger charge is -2.27. The first kappa shape index (κ1) is 14.7. The van der Waals surface area contributed by atoms with E-state index in [1.807, 2.05) is 32.0 Å². The molecule has 0 heterocycles. The molecule has 0 aliphatic heterocycles. The van der Waals surface area contributed by atoms with E-state index in [9.17, 15) is 4.79 Å². The molecule has 0 aliphatic carbocycles. The molecule has 0 bridgehead atoms. The molecule has 1 rings (SSSR count). The van der Waals surface area contributed by atoms with Gasteiger partial charge in [0, 0.05) is 17.6 Å². The van der Waals surface area contributed by atoms with Crippen molar-refractivity contribution in [2.75, 3.05) is 6.54 Å². The minimum Gasteiger partial charge on any atom is -0.350 e. The van der Waals surface area contributed by atoms with Gasteiger partial charge in [0.1, 0.15) is 0 Å². The van der Waals surface area contributed by atoms with Crippen LogP contribution in [0.4, 0.5) is 0 Å². The molecule has 0 unspecified atom stereocenters. The SMILES string of the molecule is CCC(N)(CC)CNC(=O)c1c(C)cccc1C. The van der Waals surface area contributed by atoms with Gasteiger partial charge in [-0.1, -0.05) is 32.0 Å². The van der Waals surface area contributed by atoms with Gasteiger partial charge in [-0.3, -0.25) is 4.79 Å². The van der Waals surface area contributed by atoms with Crippen molar-refractivity contribution in [3.63, 3.8) is 0 Å². The molecule has 3 nitrogen and oxygen atoms in total. The Kier molecular flexibility index (Phi) is 4.91. The van der Waals surface area contributed by atoms with Gasteiger partial charge in [0.05, 0.1) is 0 Å². The molecule has 0 atom stereocenters. The molecule has 0 aliphatic rings. The van der Waals surface area contributed by atoms with Crippen molar-refractivity contribution in [1.82, 2.24) is 5.32 Å². The minimum atomic E-state index is -0.299. The summed E-state index contributed by atoms with van der Waals surface area (Å²) in [6, 6.07) is 5.88. The van der Waals surface area contributed by atoms with Crippen molar-refractivity contribution in [2.24, 2.45) is 5.73 Å². The van der Waals surface area contributed by atoms with Crippen molar-refractivity contribution in [2.45, 2.75) is 46.1 Å². The van der Waals surface area contributed by atoms with Gasteiger partial charge < -0.3 is 11.1 Å². The van der Waals surface area contributed by atoms with Crippen LogP contribution in [-0.4, -0.2) is 18.0 Å². The monoisotopic (exact) mass is 248 g/mol. The number of nitrogens with two attached hydrogens (primary N) is 1. The number of carbonyl (C=O) groups excluding carboxylic acids is 1. The topological polar surface area (TPSA) is 55.1 Å².